The van der Waals surface area contributed by atoms with E-state index in [0.29, 0.717) is 11.6 Å². The molecule has 90 valence electrons. The molecule has 0 saturated carbocycles. The number of aryl methyl sites for hydroxylation is 1. The van der Waals surface area contributed by atoms with E-state index in [1.807, 2.05) is 26.1 Å². The van der Waals surface area contributed by atoms with Crippen LogP contribution in [0.1, 0.15) is 11.3 Å². The first kappa shape index (κ1) is 12.0. The fourth-order valence-corrected chi connectivity index (χ4v) is 1.95. The van der Waals surface area contributed by atoms with Crippen LogP contribution < -0.4 is 10.9 Å². The third-order valence-electron chi connectivity index (χ3n) is 2.61. The number of benzene rings is 1. The smallest absolute Gasteiger partial charge is 0.275 e. The SMILES string of the molecule is CNCc1c(C)[nH]n(-c2cccc(Cl)c2)c1=O. The molecule has 5 heteroatoms. The van der Waals surface area contributed by atoms with Crippen molar-refractivity contribution in [3.8, 4) is 5.69 Å². The lowest BCUT2D eigenvalue weighted by atomic mass is 10.2. The normalized spacial score (nSPS) is 10.8. The summed E-state index contributed by atoms with van der Waals surface area (Å²) in [6.07, 6.45) is 0. The van der Waals surface area contributed by atoms with Crippen molar-refractivity contribution in [2.45, 2.75) is 13.5 Å². The summed E-state index contributed by atoms with van der Waals surface area (Å²) in [5.74, 6) is 0. The summed E-state index contributed by atoms with van der Waals surface area (Å²) in [5, 5.41) is 6.64. The highest BCUT2D eigenvalue weighted by Gasteiger charge is 2.11. The molecule has 0 atom stereocenters. The van der Waals surface area contributed by atoms with Crippen LogP contribution in [0.5, 0.6) is 0 Å². The zero-order chi connectivity index (χ0) is 12.4. The van der Waals surface area contributed by atoms with Gasteiger partial charge in [0.15, 0.2) is 0 Å². The molecule has 0 fully saturated rings. The minimum atomic E-state index is -0.0425. The maximum atomic E-state index is 12.1. The first-order valence-corrected chi connectivity index (χ1v) is 5.72. The van der Waals surface area contributed by atoms with E-state index in [2.05, 4.69) is 10.4 Å². The molecule has 1 heterocycles. The molecular formula is C12H14ClN3O. The average Bonchev–Trinajstić information content (AvgIpc) is 2.57. The molecule has 0 amide bonds. The molecule has 2 aromatic rings. The number of nitrogens with one attached hydrogen (secondary N) is 2. The van der Waals surface area contributed by atoms with Gasteiger partial charge in [-0.05, 0) is 32.2 Å². The number of rotatable bonds is 3. The Balaban J connectivity index is 2.54. The Kier molecular flexibility index (Phi) is 3.36. The molecule has 0 aliphatic heterocycles. The van der Waals surface area contributed by atoms with Crippen LogP contribution in [-0.2, 0) is 6.54 Å². The van der Waals surface area contributed by atoms with Gasteiger partial charge < -0.3 is 5.32 Å². The molecule has 0 aliphatic rings. The summed E-state index contributed by atoms with van der Waals surface area (Å²) in [4.78, 5) is 12.1. The molecule has 4 nitrogen and oxygen atoms in total. The van der Waals surface area contributed by atoms with Gasteiger partial charge in [-0.15, -0.1) is 0 Å². The van der Waals surface area contributed by atoms with E-state index < -0.39 is 0 Å². The highest BCUT2D eigenvalue weighted by atomic mass is 35.5. The first-order chi connectivity index (χ1) is 8.13. The predicted molar refractivity (Wildman–Crippen MR) is 68.9 cm³/mol. The average molecular weight is 252 g/mol. The van der Waals surface area contributed by atoms with Crippen molar-refractivity contribution < 1.29 is 0 Å². The van der Waals surface area contributed by atoms with Crippen LogP contribution in [0.25, 0.3) is 5.69 Å². The van der Waals surface area contributed by atoms with Crippen molar-refractivity contribution >= 4 is 11.6 Å². The monoisotopic (exact) mass is 251 g/mol. The Labute approximate surface area is 104 Å². The van der Waals surface area contributed by atoms with Crippen molar-refractivity contribution in [3.63, 3.8) is 0 Å². The van der Waals surface area contributed by atoms with Gasteiger partial charge in [-0.25, -0.2) is 4.68 Å². The van der Waals surface area contributed by atoms with Gasteiger partial charge in [0.2, 0.25) is 0 Å². The maximum Gasteiger partial charge on any atom is 0.275 e. The Hall–Kier alpha value is -1.52. The fraction of sp³-hybridized carbons (Fsp3) is 0.250. The van der Waals surface area contributed by atoms with Crippen LogP contribution in [0.4, 0.5) is 0 Å². The summed E-state index contributed by atoms with van der Waals surface area (Å²) < 4.78 is 1.51. The van der Waals surface area contributed by atoms with Gasteiger partial charge in [-0.2, -0.15) is 0 Å². The van der Waals surface area contributed by atoms with Crippen molar-refractivity contribution in [2.75, 3.05) is 7.05 Å². The van der Waals surface area contributed by atoms with Crippen molar-refractivity contribution in [1.29, 1.82) is 0 Å². The number of H-pyrrole nitrogens is 1. The minimum absolute atomic E-state index is 0.0425. The zero-order valence-electron chi connectivity index (χ0n) is 9.75. The van der Waals surface area contributed by atoms with Gasteiger partial charge in [-0.3, -0.25) is 9.89 Å². The lowest BCUT2D eigenvalue weighted by Crippen LogP contribution is -2.20. The van der Waals surface area contributed by atoms with Gasteiger partial charge in [0.25, 0.3) is 5.56 Å². The van der Waals surface area contributed by atoms with Crippen LogP contribution in [0, 0.1) is 6.92 Å². The number of halogens is 1. The largest absolute Gasteiger partial charge is 0.315 e. The molecule has 0 spiro atoms. The Bertz CT molecular complexity index is 586. The molecule has 2 N–H and O–H groups in total. The van der Waals surface area contributed by atoms with E-state index in [1.165, 1.54) is 4.68 Å². The lowest BCUT2D eigenvalue weighted by Gasteiger charge is -2.01. The van der Waals surface area contributed by atoms with E-state index in [-0.39, 0.29) is 5.56 Å². The summed E-state index contributed by atoms with van der Waals surface area (Å²) >= 11 is 5.91. The highest BCUT2D eigenvalue weighted by molar-refractivity contribution is 6.30. The first-order valence-electron chi connectivity index (χ1n) is 5.34. The van der Waals surface area contributed by atoms with Gasteiger partial charge in [0.1, 0.15) is 0 Å². The number of aromatic nitrogens is 2. The number of hydrogen-bond acceptors (Lipinski definition) is 2. The quantitative estimate of drug-likeness (QED) is 0.875. The standard InChI is InChI=1S/C12H14ClN3O/c1-8-11(7-14-2)12(17)16(15-8)10-5-3-4-9(13)6-10/h3-6,14-15H,7H2,1-2H3. The minimum Gasteiger partial charge on any atom is -0.315 e. The maximum absolute atomic E-state index is 12.1. The molecule has 0 aliphatic carbocycles. The van der Waals surface area contributed by atoms with Crippen molar-refractivity contribution in [1.82, 2.24) is 15.1 Å². The lowest BCUT2D eigenvalue weighted by molar-refractivity contribution is 0.801. The molecule has 0 radical (unpaired) electrons. The van der Waals surface area contributed by atoms with E-state index in [1.54, 1.807) is 12.1 Å². The van der Waals surface area contributed by atoms with E-state index in [0.717, 1.165) is 16.9 Å². The van der Waals surface area contributed by atoms with Crippen molar-refractivity contribution in [3.05, 3.63) is 50.9 Å². The Morgan fingerprint density at radius 1 is 1.47 bits per heavy atom. The summed E-state index contributed by atoms with van der Waals surface area (Å²) in [7, 11) is 1.82. The van der Waals surface area contributed by atoms with Gasteiger partial charge in [-0.1, -0.05) is 17.7 Å². The molecule has 1 aromatic carbocycles. The van der Waals surface area contributed by atoms with Crippen LogP contribution in [0.2, 0.25) is 5.02 Å². The molecule has 0 bridgehead atoms. The van der Waals surface area contributed by atoms with Gasteiger partial charge in [0, 0.05) is 17.3 Å². The zero-order valence-corrected chi connectivity index (χ0v) is 10.5. The molecule has 0 saturated heterocycles. The van der Waals surface area contributed by atoms with Gasteiger partial charge in [0.05, 0.1) is 11.3 Å². The third-order valence-corrected chi connectivity index (χ3v) is 2.85. The second-order valence-corrected chi connectivity index (χ2v) is 4.30. The predicted octanol–water partition coefficient (Wildman–Crippen LogP) is 1.85. The number of hydrogen-bond donors (Lipinski definition) is 2. The third kappa shape index (κ3) is 2.28. The number of aromatic amines is 1. The highest BCUT2D eigenvalue weighted by Crippen LogP contribution is 2.13. The van der Waals surface area contributed by atoms with Gasteiger partial charge >= 0.3 is 0 Å². The van der Waals surface area contributed by atoms with Crippen LogP contribution >= 0.6 is 11.6 Å². The molecule has 17 heavy (non-hydrogen) atoms. The molecule has 0 unspecified atom stereocenters. The summed E-state index contributed by atoms with van der Waals surface area (Å²) in [6.45, 7) is 2.43. The molecule has 2 rings (SSSR count). The fourth-order valence-electron chi connectivity index (χ4n) is 1.76. The Morgan fingerprint density at radius 2 is 2.24 bits per heavy atom. The second kappa shape index (κ2) is 4.77. The topological polar surface area (TPSA) is 49.8 Å². The molecular weight excluding hydrogens is 238 g/mol. The Morgan fingerprint density at radius 3 is 2.88 bits per heavy atom. The van der Waals surface area contributed by atoms with Crippen LogP contribution in [0.15, 0.2) is 29.1 Å². The van der Waals surface area contributed by atoms with Crippen LogP contribution in [-0.4, -0.2) is 16.8 Å². The summed E-state index contributed by atoms with van der Waals surface area (Å²) in [6, 6.07) is 7.19. The number of nitrogens with zero attached hydrogens (tertiary/aromatic N) is 1. The second-order valence-electron chi connectivity index (χ2n) is 3.87. The van der Waals surface area contributed by atoms with E-state index >= 15 is 0 Å². The van der Waals surface area contributed by atoms with Crippen LogP contribution in [0.3, 0.4) is 0 Å². The molecule has 1 aromatic heterocycles. The van der Waals surface area contributed by atoms with E-state index in [9.17, 15) is 4.79 Å². The van der Waals surface area contributed by atoms with E-state index in [4.69, 9.17) is 11.6 Å². The summed E-state index contributed by atoms with van der Waals surface area (Å²) in [5.41, 5.74) is 2.31. The van der Waals surface area contributed by atoms with Crippen molar-refractivity contribution in [2.24, 2.45) is 0 Å².